The molecule has 2 aliphatic rings. The molecular weight excluding hydrogens is 238 g/mol. The molecule has 0 spiro atoms. The Labute approximate surface area is 114 Å². The highest BCUT2D eigenvalue weighted by Gasteiger charge is 2.26. The van der Waals surface area contributed by atoms with Crippen molar-refractivity contribution in [1.82, 2.24) is 0 Å². The number of nitrogens with one attached hydrogen (secondary N) is 1. The van der Waals surface area contributed by atoms with Crippen molar-refractivity contribution in [3.63, 3.8) is 0 Å². The van der Waals surface area contributed by atoms with E-state index in [0.29, 0.717) is 18.3 Å². The number of anilines is 3. The molecule has 1 aromatic rings. The second kappa shape index (κ2) is 4.44. The van der Waals surface area contributed by atoms with Crippen LogP contribution in [0.3, 0.4) is 0 Å². The predicted molar refractivity (Wildman–Crippen MR) is 78.3 cm³/mol. The lowest BCUT2D eigenvalue weighted by Crippen LogP contribution is -2.39. The molecule has 0 bridgehead atoms. The molecule has 102 valence electrons. The first-order valence-corrected chi connectivity index (χ1v) is 7.00. The standard InChI is InChI=1S/C15H21N3O/c1-9-3-10(2)8-18(7-9)14-6-13-11(4-12(14)16)5-15(19)17-13/h4,6,9-10H,3,5,7-8,16H2,1-2H3,(H,17,19). The van der Waals surface area contributed by atoms with Gasteiger partial charge in [-0.1, -0.05) is 13.8 Å². The fourth-order valence-electron chi connectivity index (χ4n) is 3.42. The first-order valence-electron chi connectivity index (χ1n) is 7.00. The Balaban J connectivity index is 1.93. The van der Waals surface area contributed by atoms with Crippen LogP contribution in [0.2, 0.25) is 0 Å². The number of nitrogens with zero attached hydrogens (tertiary/aromatic N) is 1. The van der Waals surface area contributed by atoms with Gasteiger partial charge in [0.15, 0.2) is 0 Å². The quantitative estimate of drug-likeness (QED) is 0.760. The van der Waals surface area contributed by atoms with Crippen molar-refractivity contribution in [3.05, 3.63) is 17.7 Å². The zero-order chi connectivity index (χ0) is 13.6. The number of amides is 1. The van der Waals surface area contributed by atoms with Gasteiger partial charge in [-0.3, -0.25) is 4.79 Å². The van der Waals surface area contributed by atoms with Crippen molar-refractivity contribution in [1.29, 1.82) is 0 Å². The second-order valence-corrected chi connectivity index (χ2v) is 6.14. The van der Waals surface area contributed by atoms with Crippen molar-refractivity contribution >= 4 is 23.0 Å². The molecule has 1 fully saturated rings. The molecule has 2 atom stereocenters. The first-order chi connectivity index (χ1) is 9.02. The van der Waals surface area contributed by atoms with E-state index in [9.17, 15) is 4.79 Å². The SMILES string of the molecule is CC1CC(C)CN(c2cc3c(cc2N)CC(=O)N3)C1. The fourth-order valence-corrected chi connectivity index (χ4v) is 3.42. The molecule has 4 heteroatoms. The first kappa shape index (κ1) is 12.3. The Hall–Kier alpha value is -1.71. The van der Waals surface area contributed by atoms with Crippen LogP contribution in [0.1, 0.15) is 25.8 Å². The van der Waals surface area contributed by atoms with E-state index in [0.717, 1.165) is 35.7 Å². The molecule has 0 radical (unpaired) electrons. The molecule has 1 aromatic carbocycles. The van der Waals surface area contributed by atoms with Gasteiger partial charge < -0.3 is 16.0 Å². The zero-order valence-electron chi connectivity index (χ0n) is 11.6. The second-order valence-electron chi connectivity index (χ2n) is 6.14. The molecule has 2 heterocycles. The number of benzene rings is 1. The van der Waals surface area contributed by atoms with E-state index < -0.39 is 0 Å². The number of piperidine rings is 1. The Morgan fingerprint density at radius 2 is 1.95 bits per heavy atom. The summed E-state index contributed by atoms with van der Waals surface area (Å²) in [6, 6.07) is 3.99. The minimum Gasteiger partial charge on any atom is -0.397 e. The van der Waals surface area contributed by atoms with Gasteiger partial charge in [-0.05, 0) is 36.0 Å². The molecule has 2 aliphatic heterocycles. The molecule has 0 aromatic heterocycles. The number of hydrogen-bond donors (Lipinski definition) is 2. The highest BCUT2D eigenvalue weighted by atomic mass is 16.1. The average molecular weight is 259 g/mol. The Morgan fingerprint density at radius 1 is 1.26 bits per heavy atom. The molecule has 3 N–H and O–H groups in total. The van der Waals surface area contributed by atoms with Gasteiger partial charge in [0.1, 0.15) is 0 Å². The summed E-state index contributed by atoms with van der Waals surface area (Å²) in [6.45, 7) is 6.66. The van der Waals surface area contributed by atoms with Gasteiger partial charge >= 0.3 is 0 Å². The molecule has 1 saturated heterocycles. The lowest BCUT2D eigenvalue weighted by atomic mass is 9.91. The van der Waals surface area contributed by atoms with Crippen LogP contribution in [-0.4, -0.2) is 19.0 Å². The summed E-state index contributed by atoms with van der Waals surface area (Å²) < 4.78 is 0. The van der Waals surface area contributed by atoms with Crippen molar-refractivity contribution in [3.8, 4) is 0 Å². The van der Waals surface area contributed by atoms with Crippen LogP contribution in [0.4, 0.5) is 17.1 Å². The van der Waals surface area contributed by atoms with E-state index in [4.69, 9.17) is 5.73 Å². The van der Waals surface area contributed by atoms with Gasteiger partial charge in [0.25, 0.3) is 0 Å². The van der Waals surface area contributed by atoms with Gasteiger partial charge in [-0.25, -0.2) is 0 Å². The molecule has 1 amide bonds. The van der Waals surface area contributed by atoms with Crippen LogP contribution < -0.4 is 16.0 Å². The third-order valence-electron chi connectivity index (χ3n) is 4.09. The molecule has 19 heavy (non-hydrogen) atoms. The monoisotopic (exact) mass is 259 g/mol. The minimum atomic E-state index is 0.0620. The maximum atomic E-state index is 11.4. The summed E-state index contributed by atoms with van der Waals surface area (Å²) in [5.74, 6) is 1.43. The lowest BCUT2D eigenvalue weighted by molar-refractivity contribution is -0.115. The van der Waals surface area contributed by atoms with E-state index >= 15 is 0 Å². The van der Waals surface area contributed by atoms with Crippen LogP contribution >= 0.6 is 0 Å². The van der Waals surface area contributed by atoms with Crippen LogP contribution in [0.25, 0.3) is 0 Å². The summed E-state index contributed by atoms with van der Waals surface area (Å²) in [5.41, 5.74) is 9.99. The van der Waals surface area contributed by atoms with Crippen LogP contribution in [0, 0.1) is 11.8 Å². The Kier molecular flexibility index (Phi) is 2.88. The third kappa shape index (κ3) is 2.27. The van der Waals surface area contributed by atoms with Crippen LogP contribution in [0.5, 0.6) is 0 Å². The summed E-state index contributed by atoms with van der Waals surface area (Å²) in [4.78, 5) is 13.8. The Bertz CT molecular complexity index is 516. The van der Waals surface area contributed by atoms with Crippen LogP contribution in [-0.2, 0) is 11.2 Å². The summed E-state index contributed by atoms with van der Waals surface area (Å²) in [6.07, 6.45) is 1.73. The number of carbonyl (C=O) groups excluding carboxylic acids is 1. The summed E-state index contributed by atoms with van der Waals surface area (Å²) in [5, 5.41) is 2.91. The predicted octanol–water partition coefficient (Wildman–Crippen LogP) is 2.25. The van der Waals surface area contributed by atoms with E-state index in [2.05, 4.69) is 24.1 Å². The van der Waals surface area contributed by atoms with Gasteiger partial charge in [0.2, 0.25) is 5.91 Å². The van der Waals surface area contributed by atoms with Crippen molar-refractivity contribution in [2.45, 2.75) is 26.7 Å². The topological polar surface area (TPSA) is 58.4 Å². The van der Waals surface area contributed by atoms with Gasteiger partial charge in [0, 0.05) is 18.8 Å². The van der Waals surface area contributed by atoms with Gasteiger partial charge in [-0.15, -0.1) is 0 Å². The van der Waals surface area contributed by atoms with Crippen molar-refractivity contribution in [2.75, 3.05) is 29.0 Å². The highest BCUT2D eigenvalue weighted by Crippen LogP contribution is 2.36. The number of hydrogen-bond acceptors (Lipinski definition) is 3. The van der Waals surface area contributed by atoms with E-state index in [1.54, 1.807) is 0 Å². The number of nitrogens with two attached hydrogens (primary N) is 1. The van der Waals surface area contributed by atoms with Crippen LogP contribution in [0.15, 0.2) is 12.1 Å². The smallest absolute Gasteiger partial charge is 0.228 e. The maximum Gasteiger partial charge on any atom is 0.228 e. The zero-order valence-corrected chi connectivity index (χ0v) is 11.6. The fraction of sp³-hybridized carbons (Fsp3) is 0.533. The highest BCUT2D eigenvalue weighted by molar-refractivity contribution is 6.00. The van der Waals surface area contributed by atoms with Gasteiger partial charge in [0.05, 0.1) is 17.8 Å². The lowest BCUT2D eigenvalue weighted by Gasteiger charge is -2.37. The average Bonchev–Trinajstić information content (AvgIpc) is 2.65. The van der Waals surface area contributed by atoms with E-state index in [-0.39, 0.29) is 5.91 Å². The van der Waals surface area contributed by atoms with Gasteiger partial charge in [-0.2, -0.15) is 0 Å². The number of carbonyl (C=O) groups is 1. The minimum absolute atomic E-state index is 0.0620. The largest absolute Gasteiger partial charge is 0.397 e. The molecule has 2 unspecified atom stereocenters. The number of rotatable bonds is 1. The number of fused-ring (bicyclic) bond motifs is 1. The van der Waals surface area contributed by atoms with Crippen molar-refractivity contribution < 1.29 is 4.79 Å². The van der Waals surface area contributed by atoms with Crippen molar-refractivity contribution in [2.24, 2.45) is 11.8 Å². The molecule has 3 rings (SSSR count). The molecule has 0 saturated carbocycles. The third-order valence-corrected chi connectivity index (χ3v) is 4.09. The Morgan fingerprint density at radius 3 is 2.63 bits per heavy atom. The summed E-state index contributed by atoms with van der Waals surface area (Å²) >= 11 is 0. The number of nitrogen functional groups attached to an aromatic ring is 1. The molecular formula is C15H21N3O. The summed E-state index contributed by atoms with van der Waals surface area (Å²) in [7, 11) is 0. The van der Waals surface area contributed by atoms with E-state index in [1.807, 2.05) is 12.1 Å². The normalized spacial score (nSPS) is 26.2. The molecule has 0 aliphatic carbocycles. The maximum absolute atomic E-state index is 11.4. The molecule has 4 nitrogen and oxygen atoms in total. The van der Waals surface area contributed by atoms with E-state index in [1.165, 1.54) is 6.42 Å².